The normalized spacial score (nSPS) is 23.2. The molecule has 19 heavy (non-hydrogen) atoms. The highest BCUT2D eigenvalue weighted by Gasteiger charge is 2.30. The first-order valence-electron chi connectivity index (χ1n) is 7.23. The fourth-order valence-electron chi connectivity index (χ4n) is 3.05. The second kappa shape index (κ2) is 6.71. The van der Waals surface area contributed by atoms with E-state index in [9.17, 15) is 4.39 Å². The van der Waals surface area contributed by atoms with Crippen molar-refractivity contribution in [2.75, 3.05) is 13.1 Å². The van der Waals surface area contributed by atoms with Gasteiger partial charge in [-0.15, -0.1) is 0 Å². The number of hydrogen-bond acceptors (Lipinski definition) is 1. The van der Waals surface area contributed by atoms with Crippen molar-refractivity contribution < 1.29 is 4.39 Å². The van der Waals surface area contributed by atoms with Gasteiger partial charge in [0.15, 0.2) is 0 Å². The van der Waals surface area contributed by atoms with E-state index < -0.39 is 0 Å². The Hall–Kier alpha value is -0.600. The molecule has 1 N–H and O–H groups in total. The van der Waals surface area contributed by atoms with Gasteiger partial charge in [0.2, 0.25) is 0 Å². The molecule has 1 saturated carbocycles. The smallest absolute Gasteiger partial charge is 0.128 e. The first-order chi connectivity index (χ1) is 9.08. The summed E-state index contributed by atoms with van der Waals surface area (Å²) in [5, 5.41) is 3.99. The monoisotopic (exact) mass is 283 g/mol. The maximum absolute atomic E-state index is 14.0. The molecule has 1 aromatic rings. The minimum absolute atomic E-state index is 0.145. The average molecular weight is 284 g/mol. The Kier molecular flexibility index (Phi) is 5.23. The summed E-state index contributed by atoms with van der Waals surface area (Å²) in [6.45, 7) is 6.44. The van der Waals surface area contributed by atoms with Crippen LogP contribution >= 0.6 is 11.6 Å². The summed E-state index contributed by atoms with van der Waals surface area (Å²) in [4.78, 5) is 0. The predicted octanol–water partition coefficient (Wildman–Crippen LogP) is 4.61. The highest BCUT2D eigenvalue weighted by Crippen LogP contribution is 2.40. The standard InChI is InChI=1S/C16H23ClFN/c1-11(2)9-19-10-12-4-3-5-14(12)15-7-6-13(17)8-16(15)18/h6-8,11-12,14,19H,3-5,9-10H2,1-2H3. The predicted molar refractivity (Wildman–Crippen MR) is 79.2 cm³/mol. The van der Waals surface area contributed by atoms with Crippen LogP contribution in [-0.4, -0.2) is 13.1 Å². The molecule has 0 aliphatic heterocycles. The summed E-state index contributed by atoms with van der Waals surface area (Å²) in [6, 6.07) is 5.10. The van der Waals surface area contributed by atoms with E-state index in [0.717, 1.165) is 25.1 Å². The third kappa shape index (κ3) is 3.93. The number of nitrogens with one attached hydrogen (secondary N) is 1. The Morgan fingerprint density at radius 3 is 2.84 bits per heavy atom. The van der Waals surface area contributed by atoms with Gasteiger partial charge in [0.05, 0.1) is 0 Å². The van der Waals surface area contributed by atoms with Crippen LogP contribution in [0.4, 0.5) is 4.39 Å². The fourth-order valence-corrected chi connectivity index (χ4v) is 3.21. The van der Waals surface area contributed by atoms with Gasteiger partial charge in [-0.25, -0.2) is 4.39 Å². The lowest BCUT2D eigenvalue weighted by atomic mass is 9.88. The van der Waals surface area contributed by atoms with Crippen molar-refractivity contribution in [3.8, 4) is 0 Å². The van der Waals surface area contributed by atoms with Gasteiger partial charge in [-0.1, -0.05) is 37.9 Å². The first kappa shape index (κ1) is 14.8. The average Bonchev–Trinajstić information content (AvgIpc) is 2.77. The lowest BCUT2D eigenvalue weighted by Crippen LogP contribution is -2.27. The number of halogens is 2. The lowest BCUT2D eigenvalue weighted by Gasteiger charge is -2.21. The minimum Gasteiger partial charge on any atom is -0.316 e. The molecule has 3 heteroatoms. The van der Waals surface area contributed by atoms with Crippen LogP contribution in [0.1, 0.15) is 44.6 Å². The lowest BCUT2D eigenvalue weighted by molar-refractivity contribution is 0.416. The molecule has 2 rings (SSSR count). The van der Waals surface area contributed by atoms with Crippen molar-refractivity contribution in [1.82, 2.24) is 5.32 Å². The molecule has 0 bridgehead atoms. The fraction of sp³-hybridized carbons (Fsp3) is 0.625. The number of benzene rings is 1. The van der Waals surface area contributed by atoms with Crippen molar-refractivity contribution in [1.29, 1.82) is 0 Å². The topological polar surface area (TPSA) is 12.0 Å². The Balaban J connectivity index is 2.01. The largest absolute Gasteiger partial charge is 0.316 e. The van der Waals surface area contributed by atoms with Gasteiger partial charge in [0, 0.05) is 5.02 Å². The molecule has 0 amide bonds. The van der Waals surface area contributed by atoms with Gasteiger partial charge in [-0.2, -0.15) is 0 Å². The molecule has 1 aliphatic carbocycles. The van der Waals surface area contributed by atoms with E-state index in [-0.39, 0.29) is 5.82 Å². The molecular formula is C16H23ClFN. The molecule has 106 valence electrons. The van der Waals surface area contributed by atoms with Crippen molar-refractivity contribution >= 4 is 11.6 Å². The van der Waals surface area contributed by atoms with Crippen molar-refractivity contribution in [3.63, 3.8) is 0 Å². The quantitative estimate of drug-likeness (QED) is 0.832. The molecule has 1 fully saturated rings. The Morgan fingerprint density at radius 2 is 2.16 bits per heavy atom. The van der Waals surface area contributed by atoms with E-state index in [4.69, 9.17) is 11.6 Å². The van der Waals surface area contributed by atoms with Gasteiger partial charge in [-0.3, -0.25) is 0 Å². The molecule has 0 radical (unpaired) electrons. The molecule has 0 saturated heterocycles. The van der Waals surface area contributed by atoms with Crippen LogP contribution < -0.4 is 5.32 Å². The maximum atomic E-state index is 14.0. The summed E-state index contributed by atoms with van der Waals surface area (Å²) < 4.78 is 14.0. The van der Waals surface area contributed by atoms with Crippen LogP contribution in [0.3, 0.4) is 0 Å². The molecular weight excluding hydrogens is 261 g/mol. The van der Waals surface area contributed by atoms with Crippen molar-refractivity contribution in [3.05, 3.63) is 34.6 Å². The highest BCUT2D eigenvalue weighted by atomic mass is 35.5. The Labute approximate surface area is 120 Å². The van der Waals surface area contributed by atoms with E-state index in [1.807, 2.05) is 6.07 Å². The van der Waals surface area contributed by atoms with Gasteiger partial charge in [0.1, 0.15) is 5.82 Å². The molecule has 2 unspecified atom stereocenters. The van der Waals surface area contributed by atoms with Gasteiger partial charge >= 0.3 is 0 Å². The van der Waals surface area contributed by atoms with E-state index in [2.05, 4.69) is 19.2 Å². The number of rotatable bonds is 5. The Bertz CT molecular complexity index is 419. The SMILES string of the molecule is CC(C)CNCC1CCCC1c1ccc(Cl)cc1F. The van der Waals surface area contributed by atoms with Crippen LogP contribution in [0.25, 0.3) is 0 Å². The van der Waals surface area contributed by atoms with Gasteiger partial charge in [0.25, 0.3) is 0 Å². The molecule has 0 aromatic heterocycles. The third-order valence-electron chi connectivity index (χ3n) is 3.98. The minimum atomic E-state index is -0.145. The molecule has 0 heterocycles. The van der Waals surface area contributed by atoms with E-state index >= 15 is 0 Å². The maximum Gasteiger partial charge on any atom is 0.128 e. The Morgan fingerprint density at radius 1 is 1.37 bits per heavy atom. The molecule has 2 atom stereocenters. The van der Waals surface area contributed by atoms with Crippen molar-refractivity contribution in [2.45, 2.75) is 39.0 Å². The van der Waals surface area contributed by atoms with Crippen LogP contribution in [-0.2, 0) is 0 Å². The van der Waals surface area contributed by atoms with E-state index in [1.54, 1.807) is 6.07 Å². The molecule has 0 spiro atoms. The summed E-state index contributed by atoms with van der Waals surface area (Å²) in [6.07, 6.45) is 3.48. The molecule has 1 nitrogen and oxygen atoms in total. The van der Waals surface area contributed by atoms with E-state index in [0.29, 0.717) is 22.8 Å². The zero-order chi connectivity index (χ0) is 13.8. The summed E-state index contributed by atoms with van der Waals surface area (Å²) in [7, 11) is 0. The van der Waals surface area contributed by atoms with Crippen LogP contribution in [0.5, 0.6) is 0 Å². The first-order valence-corrected chi connectivity index (χ1v) is 7.61. The third-order valence-corrected chi connectivity index (χ3v) is 4.22. The zero-order valence-corrected chi connectivity index (χ0v) is 12.5. The zero-order valence-electron chi connectivity index (χ0n) is 11.8. The highest BCUT2D eigenvalue weighted by molar-refractivity contribution is 6.30. The number of hydrogen-bond donors (Lipinski definition) is 1. The summed E-state index contributed by atoms with van der Waals surface area (Å²) in [5.41, 5.74) is 0.846. The van der Waals surface area contributed by atoms with Crippen molar-refractivity contribution in [2.24, 2.45) is 11.8 Å². The van der Waals surface area contributed by atoms with Crippen LogP contribution in [0.15, 0.2) is 18.2 Å². The molecule has 1 aromatic carbocycles. The second-order valence-corrected chi connectivity index (χ2v) is 6.45. The van der Waals surface area contributed by atoms with Crippen LogP contribution in [0, 0.1) is 17.7 Å². The van der Waals surface area contributed by atoms with Gasteiger partial charge < -0.3 is 5.32 Å². The summed E-state index contributed by atoms with van der Waals surface area (Å²) >= 11 is 5.83. The van der Waals surface area contributed by atoms with Gasteiger partial charge in [-0.05, 0) is 61.4 Å². The van der Waals surface area contributed by atoms with Crippen LogP contribution in [0.2, 0.25) is 5.02 Å². The second-order valence-electron chi connectivity index (χ2n) is 6.02. The summed E-state index contributed by atoms with van der Waals surface area (Å²) in [5.74, 6) is 1.41. The van der Waals surface area contributed by atoms with E-state index in [1.165, 1.54) is 18.9 Å². The molecule has 1 aliphatic rings.